The number of H-pyrrole nitrogens is 1. The van der Waals surface area contributed by atoms with Crippen molar-refractivity contribution in [2.24, 2.45) is 0 Å². The van der Waals surface area contributed by atoms with Crippen molar-refractivity contribution in [1.29, 1.82) is 0 Å². The number of hydrogen-bond donors (Lipinski definition) is 1. The molecule has 2 rings (SSSR count). The van der Waals surface area contributed by atoms with Crippen molar-refractivity contribution in [2.75, 3.05) is 13.7 Å². The molecule has 0 bridgehead atoms. The summed E-state index contributed by atoms with van der Waals surface area (Å²) >= 11 is 0. The quantitative estimate of drug-likeness (QED) is 0.900. The van der Waals surface area contributed by atoms with Crippen LogP contribution in [0, 0.1) is 0 Å². The molecule has 0 aliphatic heterocycles. The van der Waals surface area contributed by atoms with Crippen molar-refractivity contribution < 1.29 is 9.47 Å². The molecule has 4 heteroatoms. The Kier molecular flexibility index (Phi) is 3.67. The maximum absolute atomic E-state index is 11.3. The summed E-state index contributed by atoms with van der Waals surface area (Å²) in [6.07, 6.45) is 0. The number of aromatic amines is 1. The molecule has 1 aromatic carbocycles. The van der Waals surface area contributed by atoms with Crippen molar-refractivity contribution in [3.05, 3.63) is 46.8 Å². The molecular weight excluding hydrogens is 230 g/mol. The van der Waals surface area contributed by atoms with Gasteiger partial charge in [-0.15, -0.1) is 0 Å². The molecule has 0 unspecified atom stereocenters. The van der Waals surface area contributed by atoms with Gasteiger partial charge in [-0.1, -0.05) is 6.07 Å². The van der Waals surface area contributed by atoms with Crippen molar-refractivity contribution in [3.8, 4) is 22.8 Å². The first-order valence-corrected chi connectivity index (χ1v) is 5.75. The summed E-state index contributed by atoms with van der Waals surface area (Å²) in [5.41, 5.74) is 1.52. The van der Waals surface area contributed by atoms with E-state index in [1.807, 2.05) is 31.2 Å². The van der Waals surface area contributed by atoms with E-state index in [-0.39, 0.29) is 5.56 Å². The van der Waals surface area contributed by atoms with Gasteiger partial charge in [-0.2, -0.15) is 0 Å². The minimum absolute atomic E-state index is 0.124. The van der Waals surface area contributed by atoms with E-state index >= 15 is 0 Å². The van der Waals surface area contributed by atoms with Gasteiger partial charge in [0.1, 0.15) is 0 Å². The summed E-state index contributed by atoms with van der Waals surface area (Å²) in [6.45, 7) is 2.47. The Morgan fingerprint density at radius 2 is 2.00 bits per heavy atom. The summed E-state index contributed by atoms with van der Waals surface area (Å²) in [5, 5.41) is 0. The van der Waals surface area contributed by atoms with E-state index in [9.17, 15) is 4.79 Å². The predicted molar refractivity (Wildman–Crippen MR) is 70.2 cm³/mol. The Morgan fingerprint density at radius 3 is 2.67 bits per heavy atom. The molecule has 0 aliphatic rings. The van der Waals surface area contributed by atoms with E-state index in [1.54, 1.807) is 13.2 Å². The van der Waals surface area contributed by atoms with Crippen LogP contribution >= 0.6 is 0 Å². The second kappa shape index (κ2) is 5.40. The molecule has 1 N–H and O–H groups in total. The van der Waals surface area contributed by atoms with E-state index in [0.29, 0.717) is 18.1 Å². The molecule has 4 nitrogen and oxygen atoms in total. The molecule has 0 spiro atoms. The first-order chi connectivity index (χ1) is 8.74. The van der Waals surface area contributed by atoms with Crippen LogP contribution in [0.4, 0.5) is 0 Å². The fourth-order valence-electron chi connectivity index (χ4n) is 1.73. The smallest absolute Gasteiger partial charge is 0.248 e. The largest absolute Gasteiger partial charge is 0.493 e. The van der Waals surface area contributed by atoms with Crippen molar-refractivity contribution in [2.45, 2.75) is 6.92 Å². The lowest BCUT2D eigenvalue weighted by Crippen LogP contribution is -2.03. The first-order valence-electron chi connectivity index (χ1n) is 5.75. The highest BCUT2D eigenvalue weighted by molar-refractivity contribution is 5.63. The fraction of sp³-hybridized carbons (Fsp3) is 0.214. The Morgan fingerprint density at radius 1 is 1.17 bits per heavy atom. The van der Waals surface area contributed by atoms with Gasteiger partial charge in [-0.25, -0.2) is 0 Å². The Balaban J connectivity index is 2.46. The number of ether oxygens (including phenoxy) is 2. The third kappa shape index (κ3) is 2.53. The average Bonchev–Trinajstić information content (AvgIpc) is 2.39. The number of pyridine rings is 1. The van der Waals surface area contributed by atoms with E-state index in [2.05, 4.69) is 4.98 Å². The highest BCUT2D eigenvalue weighted by Crippen LogP contribution is 2.31. The third-order valence-corrected chi connectivity index (χ3v) is 2.54. The highest BCUT2D eigenvalue weighted by atomic mass is 16.5. The summed E-state index contributed by atoms with van der Waals surface area (Å²) in [4.78, 5) is 14.1. The number of hydrogen-bond acceptors (Lipinski definition) is 3. The minimum atomic E-state index is -0.124. The Bertz CT molecular complexity index is 590. The number of rotatable bonds is 4. The van der Waals surface area contributed by atoms with Crippen LogP contribution < -0.4 is 15.0 Å². The average molecular weight is 245 g/mol. The number of methoxy groups -OCH3 is 1. The van der Waals surface area contributed by atoms with Crippen LogP contribution in [0.3, 0.4) is 0 Å². The molecule has 0 amide bonds. The van der Waals surface area contributed by atoms with Crippen LogP contribution in [0.5, 0.6) is 11.5 Å². The zero-order valence-electron chi connectivity index (χ0n) is 10.4. The molecule has 2 aromatic rings. The van der Waals surface area contributed by atoms with Gasteiger partial charge in [-0.3, -0.25) is 4.79 Å². The SMILES string of the molecule is CCOc1cc(-c2cccc(=O)[nH]2)ccc1OC. The second-order valence-corrected chi connectivity index (χ2v) is 3.73. The highest BCUT2D eigenvalue weighted by Gasteiger charge is 2.07. The maximum atomic E-state index is 11.3. The van der Waals surface area contributed by atoms with Crippen LogP contribution in [0.25, 0.3) is 11.3 Å². The number of aromatic nitrogens is 1. The molecule has 0 saturated heterocycles. The molecule has 0 saturated carbocycles. The first kappa shape index (κ1) is 12.2. The lowest BCUT2D eigenvalue weighted by atomic mass is 10.1. The van der Waals surface area contributed by atoms with Crippen LogP contribution in [0.15, 0.2) is 41.2 Å². The van der Waals surface area contributed by atoms with Gasteiger partial charge in [0.15, 0.2) is 11.5 Å². The normalized spacial score (nSPS) is 10.1. The van der Waals surface area contributed by atoms with Gasteiger partial charge in [0.25, 0.3) is 0 Å². The van der Waals surface area contributed by atoms with Gasteiger partial charge >= 0.3 is 0 Å². The molecule has 1 heterocycles. The fourth-order valence-corrected chi connectivity index (χ4v) is 1.73. The molecule has 1 aromatic heterocycles. The van der Waals surface area contributed by atoms with Gasteiger partial charge in [-0.05, 0) is 31.2 Å². The molecule has 0 fully saturated rings. The van der Waals surface area contributed by atoms with Crippen LogP contribution in [0.2, 0.25) is 0 Å². The molecule has 0 radical (unpaired) electrons. The molecular formula is C14H15NO3. The Hall–Kier alpha value is -2.23. The molecule has 94 valence electrons. The third-order valence-electron chi connectivity index (χ3n) is 2.54. The second-order valence-electron chi connectivity index (χ2n) is 3.73. The van der Waals surface area contributed by atoms with Gasteiger partial charge in [0.05, 0.1) is 13.7 Å². The van der Waals surface area contributed by atoms with E-state index in [4.69, 9.17) is 9.47 Å². The lowest BCUT2D eigenvalue weighted by molar-refractivity contribution is 0.311. The zero-order valence-corrected chi connectivity index (χ0v) is 10.4. The summed E-state index contributed by atoms with van der Waals surface area (Å²) < 4.78 is 10.7. The van der Waals surface area contributed by atoms with E-state index < -0.39 is 0 Å². The molecule has 0 aliphatic carbocycles. The number of nitrogens with one attached hydrogen (secondary N) is 1. The van der Waals surface area contributed by atoms with E-state index in [0.717, 1.165) is 11.3 Å². The monoisotopic (exact) mass is 245 g/mol. The topological polar surface area (TPSA) is 51.3 Å². The Labute approximate surface area is 105 Å². The molecule has 0 atom stereocenters. The van der Waals surface area contributed by atoms with Gasteiger partial charge in [0.2, 0.25) is 5.56 Å². The summed E-state index contributed by atoms with van der Waals surface area (Å²) in [7, 11) is 1.60. The standard InChI is InChI=1S/C14H15NO3/c1-3-18-13-9-10(7-8-12(13)17-2)11-5-4-6-14(16)15-11/h4-9H,3H2,1-2H3,(H,15,16). The van der Waals surface area contributed by atoms with Crippen molar-refractivity contribution in [3.63, 3.8) is 0 Å². The zero-order chi connectivity index (χ0) is 13.0. The van der Waals surface area contributed by atoms with Crippen molar-refractivity contribution in [1.82, 2.24) is 4.98 Å². The minimum Gasteiger partial charge on any atom is -0.493 e. The van der Waals surface area contributed by atoms with Crippen LogP contribution in [-0.4, -0.2) is 18.7 Å². The van der Waals surface area contributed by atoms with Crippen molar-refractivity contribution >= 4 is 0 Å². The predicted octanol–water partition coefficient (Wildman–Crippen LogP) is 2.45. The number of benzene rings is 1. The van der Waals surface area contributed by atoms with E-state index in [1.165, 1.54) is 6.07 Å². The maximum Gasteiger partial charge on any atom is 0.248 e. The lowest BCUT2D eigenvalue weighted by Gasteiger charge is -2.11. The molecule has 18 heavy (non-hydrogen) atoms. The summed E-state index contributed by atoms with van der Waals surface area (Å²) in [5.74, 6) is 1.35. The van der Waals surface area contributed by atoms with Gasteiger partial charge in [0, 0.05) is 17.3 Å². The van der Waals surface area contributed by atoms with Gasteiger partial charge < -0.3 is 14.5 Å². The van der Waals surface area contributed by atoms with Crippen LogP contribution in [-0.2, 0) is 0 Å². The van der Waals surface area contributed by atoms with Crippen LogP contribution in [0.1, 0.15) is 6.92 Å². The summed E-state index contributed by atoms with van der Waals surface area (Å²) in [6, 6.07) is 10.6.